The number of amides is 1. The second kappa shape index (κ2) is 11.3. The number of carbonyl (C=O) groups excluding carboxylic acids is 1. The molecule has 0 aliphatic carbocycles. The third kappa shape index (κ3) is 6.43. The van der Waals surface area contributed by atoms with Gasteiger partial charge in [-0.1, -0.05) is 12.1 Å². The van der Waals surface area contributed by atoms with Crippen molar-refractivity contribution >= 4 is 5.91 Å². The van der Waals surface area contributed by atoms with E-state index in [1.807, 2.05) is 13.0 Å². The fraction of sp³-hybridized carbons (Fsp3) is 0.720. The van der Waals surface area contributed by atoms with Gasteiger partial charge in [-0.15, -0.1) is 0 Å². The maximum atomic E-state index is 12.5. The molecular formula is C25H39N3O3. The zero-order valence-corrected chi connectivity index (χ0v) is 19.1. The molecule has 172 valence electrons. The van der Waals surface area contributed by atoms with Crippen molar-refractivity contribution in [1.82, 2.24) is 15.1 Å². The number of ether oxygens (including phenoxy) is 2. The van der Waals surface area contributed by atoms with E-state index in [4.69, 9.17) is 9.47 Å². The zero-order chi connectivity index (χ0) is 21.5. The van der Waals surface area contributed by atoms with Crippen LogP contribution in [0.4, 0.5) is 0 Å². The summed E-state index contributed by atoms with van der Waals surface area (Å²) in [5.74, 6) is 1.38. The monoisotopic (exact) mass is 429 g/mol. The third-order valence-corrected chi connectivity index (χ3v) is 7.12. The number of rotatable bonds is 8. The molecule has 31 heavy (non-hydrogen) atoms. The molecule has 0 bridgehead atoms. The lowest BCUT2D eigenvalue weighted by Crippen LogP contribution is -2.49. The van der Waals surface area contributed by atoms with Crippen molar-refractivity contribution in [3.05, 3.63) is 29.8 Å². The van der Waals surface area contributed by atoms with Crippen LogP contribution < -0.4 is 10.1 Å². The summed E-state index contributed by atoms with van der Waals surface area (Å²) in [5, 5.41) is 3.13. The Morgan fingerprint density at radius 1 is 1.13 bits per heavy atom. The molecule has 3 saturated heterocycles. The van der Waals surface area contributed by atoms with E-state index in [-0.39, 0.29) is 17.9 Å². The van der Waals surface area contributed by atoms with E-state index in [1.165, 1.54) is 18.4 Å². The first-order valence-electron chi connectivity index (χ1n) is 12.3. The average molecular weight is 430 g/mol. The lowest BCUT2D eigenvalue weighted by atomic mass is 9.92. The van der Waals surface area contributed by atoms with E-state index in [0.717, 1.165) is 70.8 Å². The van der Waals surface area contributed by atoms with Gasteiger partial charge in [0.25, 0.3) is 0 Å². The maximum Gasteiger partial charge on any atom is 0.223 e. The lowest BCUT2D eigenvalue weighted by molar-refractivity contribution is -0.127. The summed E-state index contributed by atoms with van der Waals surface area (Å²) >= 11 is 0. The van der Waals surface area contributed by atoms with Gasteiger partial charge in [0.2, 0.25) is 5.91 Å². The van der Waals surface area contributed by atoms with E-state index in [1.54, 1.807) is 0 Å². The highest BCUT2D eigenvalue weighted by atomic mass is 16.5. The van der Waals surface area contributed by atoms with Crippen LogP contribution in [0.5, 0.6) is 5.75 Å². The molecule has 1 N–H and O–H groups in total. The zero-order valence-electron chi connectivity index (χ0n) is 19.1. The minimum atomic E-state index is 0.176. The second-order valence-electron chi connectivity index (χ2n) is 9.28. The van der Waals surface area contributed by atoms with Gasteiger partial charge in [0, 0.05) is 31.7 Å². The first kappa shape index (κ1) is 22.6. The molecule has 0 radical (unpaired) electrons. The Morgan fingerprint density at radius 2 is 1.94 bits per heavy atom. The number of nitrogens with zero attached hydrogens (tertiary/aromatic N) is 2. The van der Waals surface area contributed by atoms with Crippen molar-refractivity contribution in [2.45, 2.75) is 64.1 Å². The summed E-state index contributed by atoms with van der Waals surface area (Å²) in [4.78, 5) is 17.7. The van der Waals surface area contributed by atoms with Crippen LogP contribution in [-0.4, -0.2) is 73.8 Å². The molecule has 3 heterocycles. The van der Waals surface area contributed by atoms with Crippen molar-refractivity contribution in [3.63, 3.8) is 0 Å². The normalized spacial score (nSPS) is 24.4. The molecule has 4 rings (SSSR count). The van der Waals surface area contributed by atoms with Gasteiger partial charge in [-0.25, -0.2) is 0 Å². The Morgan fingerprint density at radius 3 is 2.65 bits per heavy atom. The summed E-state index contributed by atoms with van der Waals surface area (Å²) in [7, 11) is 0. The quantitative estimate of drug-likeness (QED) is 0.688. The van der Waals surface area contributed by atoms with E-state index < -0.39 is 0 Å². The molecule has 3 aliphatic heterocycles. The van der Waals surface area contributed by atoms with E-state index >= 15 is 0 Å². The average Bonchev–Trinajstić information content (AvgIpc) is 3.32. The summed E-state index contributed by atoms with van der Waals surface area (Å²) in [5.41, 5.74) is 1.33. The highest BCUT2D eigenvalue weighted by Crippen LogP contribution is 2.25. The summed E-state index contributed by atoms with van der Waals surface area (Å²) in [6.07, 6.45) is 6.86. The fourth-order valence-corrected chi connectivity index (χ4v) is 5.29. The molecule has 0 aromatic heterocycles. The number of hydrogen-bond acceptors (Lipinski definition) is 5. The number of benzene rings is 1. The second-order valence-corrected chi connectivity index (χ2v) is 9.28. The molecule has 6 heteroatoms. The summed E-state index contributed by atoms with van der Waals surface area (Å²) in [6, 6.07) is 9.16. The third-order valence-electron chi connectivity index (χ3n) is 7.12. The van der Waals surface area contributed by atoms with Gasteiger partial charge in [-0.05, 0) is 89.3 Å². The number of piperidine rings is 2. The molecule has 1 atom stereocenters. The minimum Gasteiger partial charge on any atom is -0.494 e. The largest absolute Gasteiger partial charge is 0.494 e. The van der Waals surface area contributed by atoms with Crippen LogP contribution in [-0.2, 0) is 16.1 Å². The molecule has 3 fully saturated rings. The van der Waals surface area contributed by atoms with Gasteiger partial charge in [-0.3, -0.25) is 9.69 Å². The standard InChI is InChI=1S/C25H39N3O3/c1-2-30-23-6-3-5-20(17-23)19-27-12-10-22(11-13-27)28-14-8-21(9-15-28)25(29)26-18-24-7-4-16-31-24/h3,5-6,17,21-22,24H,2,4,7-16,18-19H2,1H3,(H,26,29)/t24-/m1/s1. The molecular weight excluding hydrogens is 390 g/mol. The Labute approximate surface area is 187 Å². The molecule has 6 nitrogen and oxygen atoms in total. The Kier molecular flexibility index (Phi) is 8.22. The van der Waals surface area contributed by atoms with Crippen molar-refractivity contribution in [3.8, 4) is 5.75 Å². The van der Waals surface area contributed by atoms with Gasteiger partial charge < -0.3 is 19.7 Å². The Balaban J connectivity index is 1.15. The van der Waals surface area contributed by atoms with Crippen LogP contribution in [0.3, 0.4) is 0 Å². The highest BCUT2D eigenvalue weighted by molar-refractivity contribution is 5.78. The predicted octanol–water partition coefficient (Wildman–Crippen LogP) is 3.06. The van der Waals surface area contributed by atoms with Gasteiger partial charge in [0.05, 0.1) is 12.7 Å². The molecule has 3 aliphatic rings. The molecule has 0 spiro atoms. The smallest absolute Gasteiger partial charge is 0.223 e. The maximum absolute atomic E-state index is 12.5. The van der Waals surface area contributed by atoms with E-state index in [9.17, 15) is 4.79 Å². The summed E-state index contributed by atoms with van der Waals surface area (Å²) in [6.45, 7) is 9.66. The first-order valence-corrected chi connectivity index (χ1v) is 12.3. The van der Waals surface area contributed by atoms with Gasteiger partial charge >= 0.3 is 0 Å². The van der Waals surface area contributed by atoms with Crippen LogP contribution >= 0.6 is 0 Å². The van der Waals surface area contributed by atoms with Crippen LogP contribution in [0, 0.1) is 5.92 Å². The van der Waals surface area contributed by atoms with Crippen molar-refractivity contribution in [1.29, 1.82) is 0 Å². The van der Waals surface area contributed by atoms with Crippen LogP contribution in [0.25, 0.3) is 0 Å². The number of hydrogen-bond donors (Lipinski definition) is 1. The van der Waals surface area contributed by atoms with Crippen LogP contribution in [0.1, 0.15) is 51.0 Å². The van der Waals surface area contributed by atoms with Crippen LogP contribution in [0.2, 0.25) is 0 Å². The SMILES string of the molecule is CCOc1cccc(CN2CCC(N3CCC(C(=O)NC[C@H]4CCCO4)CC3)CC2)c1. The Bertz CT molecular complexity index is 691. The van der Waals surface area contributed by atoms with Crippen molar-refractivity contribution in [2.75, 3.05) is 45.9 Å². The minimum absolute atomic E-state index is 0.176. The van der Waals surface area contributed by atoms with E-state index in [2.05, 4.69) is 33.3 Å². The lowest BCUT2D eigenvalue weighted by Gasteiger charge is -2.41. The van der Waals surface area contributed by atoms with Gasteiger partial charge in [-0.2, -0.15) is 0 Å². The highest BCUT2D eigenvalue weighted by Gasteiger charge is 2.31. The molecule has 1 aromatic carbocycles. The van der Waals surface area contributed by atoms with Crippen LogP contribution in [0.15, 0.2) is 24.3 Å². The van der Waals surface area contributed by atoms with Gasteiger partial charge in [0.1, 0.15) is 5.75 Å². The molecule has 1 amide bonds. The number of nitrogens with one attached hydrogen (secondary N) is 1. The number of likely N-dealkylation sites (tertiary alicyclic amines) is 2. The van der Waals surface area contributed by atoms with Crippen molar-refractivity contribution < 1.29 is 14.3 Å². The van der Waals surface area contributed by atoms with Gasteiger partial charge in [0.15, 0.2) is 0 Å². The first-order chi connectivity index (χ1) is 15.2. The molecule has 0 saturated carbocycles. The predicted molar refractivity (Wildman–Crippen MR) is 122 cm³/mol. The molecule has 1 aromatic rings. The summed E-state index contributed by atoms with van der Waals surface area (Å²) < 4.78 is 11.3. The topological polar surface area (TPSA) is 54.0 Å². The number of carbonyl (C=O) groups is 1. The Hall–Kier alpha value is -1.63. The van der Waals surface area contributed by atoms with E-state index in [0.29, 0.717) is 19.2 Å². The molecule has 0 unspecified atom stereocenters. The van der Waals surface area contributed by atoms with Crippen molar-refractivity contribution in [2.24, 2.45) is 5.92 Å². The fourth-order valence-electron chi connectivity index (χ4n) is 5.29.